The van der Waals surface area contributed by atoms with Crippen LogP contribution in [0.25, 0.3) is 0 Å². The van der Waals surface area contributed by atoms with Gasteiger partial charge < -0.3 is 30.2 Å². The van der Waals surface area contributed by atoms with Crippen LogP contribution in [0.4, 0.5) is 5.69 Å². The topological polar surface area (TPSA) is 156 Å². The van der Waals surface area contributed by atoms with E-state index in [9.17, 15) is 19.3 Å². The van der Waals surface area contributed by atoms with Crippen LogP contribution in [0, 0.1) is 17.3 Å². The van der Waals surface area contributed by atoms with Crippen LogP contribution in [0.15, 0.2) is 91.0 Å². The normalized spacial score (nSPS) is 22.9. The first kappa shape index (κ1) is 38.6. The van der Waals surface area contributed by atoms with Gasteiger partial charge in [0.05, 0.1) is 45.1 Å². The summed E-state index contributed by atoms with van der Waals surface area (Å²) in [5.74, 6) is 0.398. The zero-order valence-electron chi connectivity index (χ0n) is 31.3. The van der Waals surface area contributed by atoms with Crippen molar-refractivity contribution >= 4 is 25.3 Å². The maximum Gasteiger partial charge on any atom is 0.530 e. The Morgan fingerprint density at radius 3 is 2.25 bits per heavy atom. The Morgan fingerprint density at radius 1 is 0.909 bits per heavy atom. The lowest BCUT2D eigenvalue weighted by Gasteiger charge is -2.50. The smallest absolute Gasteiger partial charge is 0.505 e. The number of anilines is 1. The molecule has 0 aliphatic heterocycles. The maximum atomic E-state index is 14.1. The van der Waals surface area contributed by atoms with Gasteiger partial charge in [0.2, 0.25) is 5.91 Å². The molecule has 0 bridgehead atoms. The quantitative estimate of drug-likeness (QED) is 0.0796. The first-order chi connectivity index (χ1) is 26.6. The highest BCUT2D eigenvalue weighted by Crippen LogP contribution is 2.62. The van der Waals surface area contributed by atoms with E-state index in [1.54, 1.807) is 0 Å². The Hall–Kier alpha value is -4.67. The number of benzene rings is 4. The largest absolute Gasteiger partial charge is 0.530 e. The van der Waals surface area contributed by atoms with E-state index in [1.807, 2.05) is 72.8 Å². The monoisotopic (exact) mass is 768 g/mol. The van der Waals surface area contributed by atoms with Crippen LogP contribution in [0.1, 0.15) is 84.0 Å². The average Bonchev–Trinajstić information content (AvgIpc) is 3.53. The number of nitrogens with one attached hydrogen (secondary N) is 1. The Balaban J connectivity index is 0.968. The highest BCUT2D eigenvalue weighted by Gasteiger charge is 2.55. The number of aromatic hydroxyl groups is 1. The fourth-order valence-electron chi connectivity index (χ4n) is 9.10. The number of methoxy groups -OCH3 is 1. The van der Waals surface area contributed by atoms with Crippen molar-refractivity contribution in [1.82, 2.24) is 0 Å². The van der Waals surface area contributed by atoms with Gasteiger partial charge in [-0.2, -0.15) is 0 Å². The molecule has 11 nitrogen and oxygen atoms in total. The predicted molar refractivity (Wildman–Crippen MR) is 208 cm³/mol. The third-order valence-electron chi connectivity index (χ3n) is 11.8. The van der Waals surface area contributed by atoms with Crippen LogP contribution in [0.3, 0.4) is 0 Å². The number of hydrogen-bond donors (Lipinski definition) is 3. The van der Waals surface area contributed by atoms with Gasteiger partial charge in [-0.3, -0.25) is 18.6 Å². The van der Waals surface area contributed by atoms with Gasteiger partial charge >= 0.3 is 7.82 Å². The van der Waals surface area contributed by atoms with E-state index < -0.39 is 19.5 Å². The van der Waals surface area contributed by atoms with Crippen molar-refractivity contribution in [3.63, 3.8) is 0 Å². The minimum absolute atomic E-state index is 0.00165. The molecule has 2 amide bonds. The Morgan fingerprint density at radius 2 is 1.60 bits per heavy atom. The molecule has 4 N–H and O–H groups in total. The molecule has 3 aliphatic carbocycles. The molecule has 3 unspecified atom stereocenters. The number of carbonyl (C=O) groups excluding carboxylic acids is 2. The molecular weight excluding hydrogens is 719 g/mol. The van der Waals surface area contributed by atoms with Crippen molar-refractivity contribution in [1.29, 1.82) is 0 Å². The molecule has 55 heavy (non-hydrogen) atoms. The molecule has 0 aromatic heterocycles. The Bertz CT molecular complexity index is 2000. The van der Waals surface area contributed by atoms with Crippen molar-refractivity contribution in [3.8, 4) is 17.2 Å². The van der Waals surface area contributed by atoms with Crippen molar-refractivity contribution < 1.29 is 42.3 Å². The molecule has 0 radical (unpaired) electrons. The number of phenols is 1. The van der Waals surface area contributed by atoms with Crippen LogP contribution in [-0.2, 0) is 42.8 Å². The minimum Gasteiger partial charge on any atom is -0.505 e. The second-order valence-corrected chi connectivity index (χ2v) is 16.6. The van der Waals surface area contributed by atoms with Crippen molar-refractivity contribution in [2.24, 2.45) is 23.0 Å². The molecule has 3 aliphatic rings. The molecule has 2 saturated carbocycles. The third kappa shape index (κ3) is 8.45. The maximum absolute atomic E-state index is 14.1. The average molecular weight is 769 g/mol. The number of primary amides is 1. The minimum atomic E-state index is -3.98. The van der Waals surface area contributed by atoms with Gasteiger partial charge in [0.1, 0.15) is 17.1 Å². The zero-order valence-corrected chi connectivity index (χ0v) is 32.2. The van der Waals surface area contributed by atoms with Crippen molar-refractivity contribution in [2.75, 3.05) is 19.0 Å². The number of aryl methyl sites for hydroxylation is 1. The second kappa shape index (κ2) is 16.6. The van der Waals surface area contributed by atoms with Crippen LogP contribution < -0.4 is 20.3 Å². The number of ether oxygens (including phenoxy) is 2. The molecule has 2 fully saturated rings. The Labute approximate surface area is 322 Å². The molecule has 0 heterocycles. The summed E-state index contributed by atoms with van der Waals surface area (Å²) in [4.78, 5) is 24.7. The summed E-state index contributed by atoms with van der Waals surface area (Å²) in [7, 11) is -2.62. The number of phosphoric ester groups is 1. The summed E-state index contributed by atoms with van der Waals surface area (Å²) in [5.41, 5.74) is 9.60. The standard InChI is InChI=1S/C43H49N2O9P/c1-43-23-21-33-32-16-14-31(54-55(49,52-26-28-9-5-3-6-10-28)53-27-29-11-7-4-8-12-29)25-30(32)13-15-34(33)35(43)17-20-38(43)51-24-22-39(46)45-36-18-19-37(50-2)40(41(36)47)42(44)48/h3-12,14,16,18-19,25,33-35,38,47H,13,15,17,20-24,26-27H2,1-2H3,(H2,44,48)(H,45,46)/t33?,34?,35?,38-,43-/m1/s1. The van der Waals surface area contributed by atoms with Gasteiger partial charge in [-0.15, -0.1) is 0 Å². The first-order valence-electron chi connectivity index (χ1n) is 19.0. The number of carbonyl (C=O) groups is 2. The van der Waals surface area contributed by atoms with E-state index in [0.29, 0.717) is 23.5 Å². The van der Waals surface area contributed by atoms with E-state index in [1.165, 1.54) is 30.4 Å². The van der Waals surface area contributed by atoms with Gasteiger partial charge in [0.25, 0.3) is 5.91 Å². The molecule has 0 saturated heterocycles. The van der Waals surface area contributed by atoms with E-state index in [4.69, 9.17) is 28.8 Å². The molecule has 7 rings (SSSR count). The summed E-state index contributed by atoms with van der Waals surface area (Å²) >= 11 is 0. The third-order valence-corrected chi connectivity index (χ3v) is 13.1. The van der Waals surface area contributed by atoms with Crippen LogP contribution in [0.2, 0.25) is 0 Å². The lowest BCUT2D eigenvalue weighted by molar-refractivity contribution is -0.119. The summed E-state index contributed by atoms with van der Waals surface area (Å²) in [6.45, 7) is 2.77. The summed E-state index contributed by atoms with van der Waals surface area (Å²) in [6.07, 6.45) is 6.13. The lowest BCUT2D eigenvalue weighted by Crippen LogP contribution is -2.44. The molecule has 4 aromatic rings. The fourth-order valence-corrected chi connectivity index (χ4v) is 10.3. The van der Waals surface area contributed by atoms with Gasteiger partial charge in [-0.25, -0.2) is 4.57 Å². The molecule has 5 atom stereocenters. The molecule has 290 valence electrons. The van der Waals surface area contributed by atoms with E-state index >= 15 is 0 Å². The number of hydrogen-bond acceptors (Lipinski definition) is 9. The number of phosphoric acid groups is 1. The number of rotatable bonds is 15. The number of nitrogens with two attached hydrogens (primary N) is 1. The fraction of sp³-hybridized carbons (Fsp3) is 0.395. The first-order valence-corrected chi connectivity index (χ1v) is 20.4. The van der Waals surface area contributed by atoms with Crippen molar-refractivity contribution in [3.05, 3.63) is 119 Å². The number of amides is 2. The summed E-state index contributed by atoms with van der Waals surface area (Å²) in [6, 6.07) is 28.1. The van der Waals surface area contributed by atoms with Gasteiger partial charge in [0, 0.05) is 0 Å². The van der Waals surface area contributed by atoms with Crippen molar-refractivity contribution in [2.45, 2.75) is 77.1 Å². The SMILES string of the molecule is COc1ccc(NC(=O)CCO[C@@H]2CCC3C4CCc5cc(OP(=O)(OCc6ccccc6)OCc6ccccc6)ccc5C4CC[C@]32C)c(O)c1C(N)=O. The highest BCUT2D eigenvalue weighted by atomic mass is 31.2. The van der Waals surface area contributed by atoms with Crippen LogP contribution in [0.5, 0.6) is 17.2 Å². The summed E-state index contributed by atoms with van der Waals surface area (Å²) < 4.78 is 43.5. The number of fused-ring (bicyclic) bond motifs is 5. The molecule has 12 heteroatoms. The highest BCUT2D eigenvalue weighted by molar-refractivity contribution is 7.48. The van der Waals surface area contributed by atoms with Crippen LogP contribution in [-0.4, -0.2) is 36.7 Å². The van der Waals surface area contributed by atoms with Crippen LogP contribution >= 0.6 is 7.82 Å². The molecular formula is C43H49N2O9P. The van der Waals surface area contributed by atoms with Gasteiger partial charge in [-0.1, -0.05) is 73.7 Å². The van der Waals surface area contributed by atoms with E-state index in [-0.39, 0.29) is 60.7 Å². The lowest BCUT2D eigenvalue weighted by atomic mass is 9.55. The van der Waals surface area contributed by atoms with Gasteiger partial charge in [-0.05, 0) is 108 Å². The molecule has 0 spiro atoms. The van der Waals surface area contributed by atoms with E-state index in [0.717, 1.165) is 49.7 Å². The summed E-state index contributed by atoms with van der Waals surface area (Å²) in [5, 5.41) is 13.2. The van der Waals surface area contributed by atoms with Gasteiger partial charge in [0.15, 0.2) is 5.75 Å². The Kier molecular flexibility index (Phi) is 11.6. The molecule has 4 aromatic carbocycles. The predicted octanol–water partition coefficient (Wildman–Crippen LogP) is 8.69. The second-order valence-electron chi connectivity index (χ2n) is 15.0. The zero-order chi connectivity index (χ0) is 38.6. The van der Waals surface area contributed by atoms with E-state index in [2.05, 4.69) is 18.3 Å².